The minimum atomic E-state index is -0.626. The van der Waals surface area contributed by atoms with Crippen LogP contribution in [0.25, 0.3) is 0 Å². The van der Waals surface area contributed by atoms with E-state index in [-0.39, 0.29) is 22.1 Å². The molecule has 7 heteroatoms. The van der Waals surface area contributed by atoms with E-state index in [0.717, 1.165) is 11.5 Å². The Hall–Kier alpha value is -2.09. The highest BCUT2D eigenvalue weighted by Crippen LogP contribution is 3.00. The van der Waals surface area contributed by atoms with Crippen LogP contribution in [0.15, 0.2) is 48.5 Å². The molecule has 1 aliphatic heterocycles. The first-order chi connectivity index (χ1) is 16.6. The highest BCUT2D eigenvalue weighted by atomic mass is 79.9. The molecule has 0 amide bonds. The van der Waals surface area contributed by atoms with Crippen LogP contribution in [0, 0.1) is 35.5 Å². The van der Waals surface area contributed by atoms with Crippen molar-refractivity contribution in [3.63, 3.8) is 0 Å². The number of alkyl halides is 1. The fraction of sp³-hybridized carbons (Fsp3) is 0.519. The fourth-order valence-corrected chi connectivity index (χ4v) is 11.7. The van der Waals surface area contributed by atoms with E-state index in [9.17, 15) is 4.79 Å². The predicted octanol–water partition coefficient (Wildman–Crippen LogP) is 3.54. The summed E-state index contributed by atoms with van der Waals surface area (Å²) in [6.07, 6.45) is 0. The van der Waals surface area contributed by atoms with Gasteiger partial charge in [0.15, 0.2) is 5.79 Å². The molecule has 6 nitrogen and oxygen atoms in total. The minimum absolute atomic E-state index is 0.180. The van der Waals surface area contributed by atoms with Crippen LogP contribution in [0.5, 0.6) is 11.5 Å². The molecular formula is C27H25BrO6. The molecule has 2 aromatic carbocycles. The summed E-state index contributed by atoms with van der Waals surface area (Å²) in [5.74, 6) is 2.54. The lowest BCUT2D eigenvalue weighted by molar-refractivity contribution is -0.267. The van der Waals surface area contributed by atoms with Crippen LogP contribution >= 0.6 is 15.9 Å². The van der Waals surface area contributed by atoms with Crippen molar-refractivity contribution >= 4 is 22.4 Å². The van der Waals surface area contributed by atoms with Crippen molar-refractivity contribution < 1.29 is 28.5 Å². The summed E-state index contributed by atoms with van der Waals surface area (Å²) in [5.41, 5.74) is 1.26. The monoisotopic (exact) mass is 524 g/mol. The Morgan fingerprint density at radius 1 is 0.794 bits per heavy atom. The van der Waals surface area contributed by atoms with E-state index in [0.29, 0.717) is 37.4 Å². The highest BCUT2D eigenvalue weighted by Gasteiger charge is 3.08. The summed E-state index contributed by atoms with van der Waals surface area (Å²) >= 11 is 4.21. The lowest BCUT2D eigenvalue weighted by Crippen LogP contribution is -2.71. The summed E-state index contributed by atoms with van der Waals surface area (Å²) in [7, 11) is 3.36. The van der Waals surface area contributed by atoms with Gasteiger partial charge in [-0.2, -0.15) is 0 Å². The average molecular weight is 525 g/mol. The summed E-state index contributed by atoms with van der Waals surface area (Å²) < 4.78 is 29.8. The Morgan fingerprint density at radius 3 is 1.74 bits per heavy atom. The summed E-state index contributed by atoms with van der Waals surface area (Å²) in [6.45, 7) is 1.92. The van der Waals surface area contributed by atoms with Crippen molar-refractivity contribution in [2.75, 3.05) is 27.4 Å². The quantitative estimate of drug-likeness (QED) is 0.425. The van der Waals surface area contributed by atoms with Crippen LogP contribution in [-0.2, 0) is 24.4 Å². The van der Waals surface area contributed by atoms with Gasteiger partial charge >= 0.3 is 0 Å². The van der Waals surface area contributed by atoms with E-state index in [1.807, 2.05) is 24.3 Å². The van der Waals surface area contributed by atoms with Gasteiger partial charge in [0.2, 0.25) is 0 Å². The van der Waals surface area contributed by atoms with E-state index in [4.69, 9.17) is 23.7 Å². The highest BCUT2D eigenvalue weighted by molar-refractivity contribution is 9.10. The maximum Gasteiger partial charge on any atom is 0.293 e. The van der Waals surface area contributed by atoms with Gasteiger partial charge in [-0.1, -0.05) is 40.2 Å². The van der Waals surface area contributed by atoms with Gasteiger partial charge in [0.05, 0.1) is 37.2 Å². The number of halogens is 1. The number of rotatable bonds is 6. The molecule has 8 atom stereocenters. The molecule has 0 radical (unpaired) electrons. The SMILES string of the molecule is COc1ccc(C2(c3ccc(OC)cc3)C3[C@@H]4[C@H]5C6[C@@H]([C@H]3C4(Br)C63OCCO3)C52OC=O)cc1. The molecule has 2 aromatic rings. The van der Waals surface area contributed by atoms with E-state index in [2.05, 4.69) is 40.2 Å². The molecule has 6 aliphatic carbocycles. The smallest absolute Gasteiger partial charge is 0.293 e. The molecule has 7 fully saturated rings. The minimum Gasteiger partial charge on any atom is -0.497 e. The number of carbonyl (C=O) groups excluding carboxylic acids is 1. The van der Waals surface area contributed by atoms with Crippen LogP contribution in [0.3, 0.4) is 0 Å². The Bertz CT molecular complexity index is 1140. The number of hydrogen-bond acceptors (Lipinski definition) is 6. The fourth-order valence-electron chi connectivity index (χ4n) is 10.1. The van der Waals surface area contributed by atoms with Gasteiger partial charge in [-0.15, -0.1) is 0 Å². The van der Waals surface area contributed by atoms with Gasteiger partial charge in [-0.3, -0.25) is 4.79 Å². The number of benzene rings is 2. The average Bonchev–Trinajstić information content (AvgIpc) is 3.56. The first kappa shape index (κ1) is 20.1. The topological polar surface area (TPSA) is 63.2 Å². The second-order valence-electron chi connectivity index (χ2n) is 10.6. The Morgan fingerprint density at radius 2 is 1.29 bits per heavy atom. The molecule has 176 valence electrons. The zero-order valence-electron chi connectivity index (χ0n) is 18.9. The van der Waals surface area contributed by atoms with Crippen molar-refractivity contribution in [2.45, 2.75) is 21.1 Å². The van der Waals surface area contributed by atoms with Crippen LogP contribution in [0.2, 0.25) is 0 Å². The van der Waals surface area contributed by atoms with Crippen LogP contribution < -0.4 is 9.47 Å². The number of hydrogen-bond donors (Lipinski definition) is 0. The van der Waals surface area contributed by atoms with Gasteiger partial charge in [-0.25, -0.2) is 0 Å². The summed E-state index contributed by atoms with van der Waals surface area (Å²) in [4.78, 5) is 12.2. The van der Waals surface area contributed by atoms with Gasteiger partial charge in [0, 0.05) is 17.8 Å². The predicted molar refractivity (Wildman–Crippen MR) is 124 cm³/mol. The third kappa shape index (κ3) is 1.60. The molecule has 7 aliphatic rings. The van der Waals surface area contributed by atoms with E-state index >= 15 is 0 Å². The number of methoxy groups -OCH3 is 2. The van der Waals surface area contributed by atoms with E-state index < -0.39 is 16.8 Å². The normalized spacial score (nSPS) is 44.1. The molecule has 34 heavy (non-hydrogen) atoms. The lowest BCUT2D eigenvalue weighted by Gasteiger charge is -2.64. The Labute approximate surface area is 206 Å². The maximum atomic E-state index is 12.2. The van der Waals surface area contributed by atoms with E-state index in [1.165, 1.54) is 11.1 Å². The summed E-state index contributed by atoms with van der Waals surface area (Å²) in [5, 5.41) is 0. The summed E-state index contributed by atoms with van der Waals surface area (Å²) in [6, 6.07) is 16.7. The third-order valence-corrected chi connectivity index (χ3v) is 12.0. The molecule has 0 N–H and O–H groups in total. The van der Waals surface area contributed by atoms with Gasteiger partial charge in [0.1, 0.15) is 17.1 Å². The molecule has 4 unspecified atom stereocenters. The molecule has 1 heterocycles. The largest absolute Gasteiger partial charge is 0.497 e. The third-order valence-electron chi connectivity index (χ3n) is 10.4. The van der Waals surface area contributed by atoms with Gasteiger partial charge in [-0.05, 0) is 53.1 Å². The van der Waals surface area contributed by atoms with Gasteiger partial charge in [0.25, 0.3) is 6.47 Å². The second-order valence-corrected chi connectivity index (χ2v) is 11.9. The Kier molecular flexibility index (Phi) is 3.55. The molecule has 1 spiro atoms. The van der Waals surface area contributed by atoms with Crippen molar-refractivity contribution in [3.05, 3.63) is 59.7 Å². The molecule has 1 saturated heterocycles. The Balaban J connectivity index is 1.38. The second kappa shape index (κ2) is 6.00. The molecule has 9 rings (SSSR count). The van der Waals surface area contributed by atoms with Crippen molar-refractivity contribution in [3.8, 4) is 11.5 Å². The first-order valence-corrected chi connectivity index (χ1v) is 12.7. The first-order valence-electron chi connectivity index (χ1n) is 11.9. The van der Waals surface area contributed by atoms with Crippen LogP contribution in [-0.4, -0.2) is 49.6 Å². The van der Waals surface area contributed by atoms with Gasteiger partial charge < -0.3 is 23.7 Å². The molecular weight excluding hydrogens is 500 g/mol. The molecule has 6 saturated carbocycles. The molecule has 0 aromatic heterocycles. The van der Waals surface area contributed by atoms with E-state index in [1.54, 1.807) is 14.2 Å². The zero-order chi connectivity index (χ0) is 23.1. The lowest BCUT2D eigenvalue weighted by atomic mass is 9.43. The maximum absolute atomic E-state index is 12.2. The van der Waals surface area contributed by atoms with Crippen LogP contribution in [0.1, 0.15) is 11.1 Å². The van der Waals surface area contributed by atoms with Crippen molar-refractivity contribution in [1.82, 2.24) is 0 Å². The van der Waals surface area contributed by atoms with Crippen LogP contribution in [0.4, 0.5) is 0 Å². The molecule has 4 bridgehead atoms. The van der Waals surface area contributed by atoms with Crippen molar-refractivity contribution in [2.24, 2.45) is 35.5 Å². The van der Waals surface area contributed by atoms with Crippen molar-refractivity contribution in [1.29, 1.82) is 0 Å². The zero-order valence-corrected chi connectivity index (χ0v) is 20.5. The number of ether oxygens (including phenoxy) is 5. The standard InChI is InChI=1S/C27H25BrO6/c1-30-16-7-3-14(4-8-16)24(15-5-9-17(31-2)10-6-15)18-19-21-23-22(26(21,24)34-13-29)20(18)25(19,28)27(23)32-11-12-33-27/h3-10,13,18-23H,11-12H2,1-2H3/t18?,19-,20+,21+,22-,23?,25?,26?. The number of carbonyl (C=O) groups is 1.